The average molecular weight is 313 g/mol. The molecule has 0 saturated carbocycles. The molecular weight excluding hydrogens is 300 g/mol. The molecule has 0 unspecified atom stereocenters. The summed E-state index contributed by atoms with van der Waals surface area (Å²) in [6.45, 7) is 1.85. The first kappa shape index (κ1) is 14.3. The molecule has 0 atom stereocenters. The highest BCUT2D eigenvalue weighted by Gasteiger charge is 2.12. The number of halogens is 1. The summed E-state index contributed by atoms with van der Waals surface area (Å²) in [5, 5.41) is 10.3. The molecule has 5 nitrogen and oxygen atoms in total. The fraction of sp³-hybridized carbons (Fsp3) is 0.0625. The van der Waals surface area contributed by atoms with Gasteiger partial charge in [0.15, 0.2) is 0 Å². The van der Waals surface area contributed by atoms with Gasteiger partial charge >= 0.3 is 0 Å². The molecule has 2 N–H and O–H groups in total. The van der Waals surface area contributed by atoms with E-state index in [0.717, 1.165) is 11.1 Å². The van der Waals surface area contributed by atoms with E-state index in [0.29, 0.717) is 22.1 Å². The fourth-order valence-electron chi connectivity index (χ4n) is 2.04. The van der Waals surface area contributed by atoms with Crippen molar-refractivity contribution in [1.29, 1.82) is 0 Å². The molecule has 22 heavy (non-hydrogen) atoms. The van der Waals surface area contributed by atoms with Crippen molar-refractivity contribution < 1.29 is 4.79 Å². The molecule has 0 fully saturated rings. The van der Waals surface area contributed by atoms with Crippen LogP contribution in [0.4, 0.5) is 5.69 Å². The van der Waals surface area contributed by atoms with Crippen LogP contribution < -0.4 is 5.32 Å². The molecule has 2 aromatic heterocycles. The molecule has 3 rings (SSSR count). The Morgan fingerprint density at radius 1 is 1.23 bits per heavy atom. The van der Waals surface area contributed by atoms with E-state index in [9.17, 15) is 4.79 Å². The van der Waals surface area contributed by atoms with Gasteiger partial charge in [0.2, 0.25) is 0 Å². The van der Waals surface area contributed by atoms with Gasteiger partial charge in [-0.05, 0) is 42.8 Å². The van der Waals surface area contributed by atoms with Crippen LogP contribution in [0.3, 0.4) is 0 Å². The minimum absolute atomic E-state index is 0.266. The topological polar surface area (TPSA) is 70.7 Å². The highest BCUT2D eigenvalue weighted by Crippen LogP contribution is 2.23. The van der Waals surface area contributed by atoms with Gasteiger partial charge in [0.25, 0.3) is 5.91 Å². The van der Waals surface area contributed by atoms with E-state index >= 15 is 0 Å². The van der Waals surface area contributed by atoms with Crippen LogP contribution in [-0.4, -0.2) is 21.1 Å². The number of hydrogen-bond acceptors (Lipinski definition) is 3. The van der Waals surface area contributed by atoms with Crippen LogP contribution in [0, 0.1) is 6.92 Å². The lowest BCUT2D eigenvalue weighted by atomic mass is 10.2. The number of benzene rings is 1. The SMILES string of the molecule is Cc1c(Cl)cccc1NC(=O)c1cc(-c2ccncc2)n[nH]1. The largest absolute Gasteiger partial charge is 0.320 e. The Bertz CT molecular complexity index is 814. The van der Waals surface area contributed by atoms with Crippen LogP contribution in [0.1, 0.15) is 16.1 Å². The highest BCUT2D eigenvalue weighted by molar-refractivity contribution is 6.31. The maximum atomic E-state index is 12.3. The first-order chi connectivity index (χ1) is 10.6. The lowest BCUT2D eigenvalue weighted by Crippen LogP contribution is -2.13. The Labute approximate surface area is 132 Å². The number of hydrogen-bond donors (Lipinski definition) is 2. The third-order valence-corrected chi connectivity index (χ3v) is 3.72. The summed E-state index contributed by atoms with van der Waals surface area (Å²) in [5.41, 5.74) is 3.47. The summed E-state index contributed by atoms with van der Waals surface area (Å²) < 4.78 is 0. The van der Waals surface area contributed by atoms with Gasteiger partial charge in [-0.2, -0.15) is 5.10 Å². The van der Waals surface area contributed by atoms with E-state index in [1.165, 1.54) is 0 Å². The van der Waals surface area contributed by atoms with Gasteiger partial charge in [0.05, 0.1) is 5.69 Å². The van der Waals surface area contributed by atoms with Gasteiger partial charge in [-0.3, -0.25) is 14.9 Å². The number of amides is 1. The summed E-state index contributed by atoms with van der Waals surface area (Å²) in [5.74, 6) is -0.266. The molecule has 0 spiro atoms. The van der Waals surface area contributed by atoms with Crippen molar-refractivity contribution in [2.75, 3.05) is 5.32 Å². The smallest absolute Gasteiger partial charge is 0.273 e. The van der Waals surface area contributed by atoms with Crippen LogP contribution in [-0.2, 0) is 0 Å². The lowest BCUT2D eigenvalue weighted by Gasteiger charge is -2.08. The molecule has 0 aliphatic heterocycles. The van der Waals surface area contributed by atoms with E-state index in [1.807, 2.05) is 19.1 Å². The van der Waals surface area contributed by atoms with Crippen molar-refractivity contribution in [2.45, 2.75) is 6.92 Å². The number of carbonyl (C=O) groups is 1. The second-order valence-electron chi connectivity index (χ2n) is 4.77. The first-order valence-corrected chi connectivity index (χ1v) is 7.05. The van der Waals surface area contributed by atoms with Gasteiger partial charge in [-0.25, -0.2) is 0 Å². The van der Waals surface area contributed by atoms with E-state index < -0.39 is 0 Å². The predicted octanol–water partition coefficient (Wildman–Crippen LogP) is 3.69. The maximum Gasteiger partial charge on any atom is 0.273 e. The molecule has 1 aromatic carbocycles. The number of nitrogens with zero attached hydrogens (tertiary/aromatic N) is 2. The zero-order valence-corrected chi connectivity index (χ0v) is 12.6. The Hall–Kier alpha value is -2.66. The van der Waals surface area contributed by atoms with Crippen LogP contribution in [0.5, 0.6) is 0 Å². The summed E-state index contributed by atoms with van der Waals surface area (Å²) in [4.78, 5) is 16.2. The van der Waals surface area contributed by atoms with Gasteiger partial charge < -0.3 is 5.32 Å². The zero-order valence-electron chi connectivity index (χ0n) is 11.8. The average Bonchev–Trinajstić information content (AvgIpc) is 3.03. The van der Waals surface area contributed by atoms with Crippen molar-refractivity contribution >= 4 is 23.2 Å². The number of anilines is 1. The first-order valence-electron chi connectivity index (χ1n) is 6.67. The van der Waals surface area contributed by atoms with Crippen molar-refractivity contribution in [3.63, 3.8) is 0 Å². The zero-order chi connectivity index (χ0) is 15.5. The molecular formula is C16H13ClN4O. The number of carbonyl (C=O) groups excluding carboxylic acids is 1. The fourth-order valence-corrected chi connectivity index (χ4v) is 2.22. The molecule has 0 aliphatic carbocycles. The Morgan fingerprint density at radius 3 is 2.77 bits per heavy atom. The third-order valence-electron chi connectivity index (χ3n) is 3.31. The van der Waals surface area contributed by atoms with Gasteiger partial charge in [-0.1, -0.05) is 17.7 Å². The van der Waals surface area contributed by atoms with E-state index in [4.69, 9.17) is 11.6 Å². The van der Waals surface area contributed by atoms with Crippen LogP contribution in [0.2, 0.25) is 5.02 Å². The molecule has 0 radical (unpaired) electrons. The standard InChI is InChI=1S/C16H13ClN4O/c1-10-12(17)3-2-4-13(10)19-16(22)15-9-14(20-21-15)11-5-7-18-8-6-11/h2-9H,1H3,(H,19,22)(H,20,21). The minimum atomic E-state index is -0.266. The van der Waals surface area contributed by atoms with Gasteiger partial charge in [0, 0.05) is 28.7 Å². The van der Waals surface area contributed by atoms with Crippen molar-refractivity contribution in [3.05, 3.63) is 65.1 Å². The van der Waals surface area contributed by atoms with E-state index in [1.54, 1.807) is 36.7 Å². The Balaban J connectivity index is 1.82. The molecule has 110 valence electrons. The quantitative estimate of drug-likeness (QED) is 0.775. The number of H-pyrrole nitrogens is 1. The van der Waals surface area contributed by atoms with Crippen LogP contribution in [0.25, 0.3) is 11.3 Å². The second kappa shape index (κ2) is 5.99. The summed E-state index contributed by atoms with van der Waals surface area (Å²) in [6.07, 6.45) is 3.36. The predicted molar refractivity (Wildman–Crippen MR) is 86.0 cm³/mol. The summed E-state index contributed by atoms with van der Waals surface area (Å²) in [7, 11) is 0. The number of aromatic amines is 1. The van der Waals surface area contributed by atoms with Crippen molar-refractivity contribution in [2.24, 2.45) is 0 Å². The normalized spacial score (nSPS) is 10.5. The summed E-state index contributed by atoms with van der Waals surface area (Å²) >= 11 is 6.05. The second-order valence-corrected chi connectivity index (χ2v) is 5.18. The monoisotopic (exact) mass is 312 g/mol. The molecule has 6 heteroatoms. The van der Waals surface area contributed by atoms with Crippen LogP contribution in [0.15, 0.2) is 48.8 Å². The number of pyridine rings is 1. The van der Waals surface area contributed by atoms with E-state index in [-0.39, 0.29) is 5.91 Å². The summed E-state index contributed by atoms with van der Waals surface area (Å²) in [6, 6.07) is 10.7. The molecule has 0 aliphatic rings. The van der Waals surface area contributed by atoms with E-state index in [2.05, 4.69) is 20.5 Å². The van der Waals surface area contributed by atoms with Gasteiger partial charge in [-0.15, -0.1) is 0 Å². The number of aromatic nitrogens is 3. The molecule has 1 amide bonds. The Kier molecular flexibility index (Phi) is 3.89. The molecule has 0 saturated heterocycles. The van der Waals surface area contributed by atoms with Crippen molar-refractivity contribution in [3.8, 4) is 11.3 Å². The van der Waals surface area contributed by atoms with Crippen LogP contribution >= 0.6 is 11.6 Å². The number of nitrogens with one attached hydrogen (secondary N) is 2. The van der Waals surface area contributed by atoms with Crippen molar-refractivity contribution in [1.82, 2.24) is 15.2 Å². The number of rotatable bonds is 3. The highest BCUT2D eigenvalue weighted by atomic mass is 35.5. The molecule has 3 aromatic rings. The Morgan fingerprint density at radius 2 is 2.00 bits per heavy atom. The minimum Gasteiger partial charge on any atom is -0.320 e. The van der Waals surface area contributed by atoms with Gasteiger partial charge in [0.1, 0.15) is 5.69 Å². The third kappa shape index (κ3) is 2.84. The maximum absolute atomic E-state index is 12.3. The molecule has 2 heterocycles. The lowest BCUT2D eigenvalue weighted by molar-refractivity contribution is 0.102. The molecule has 0 bridgehead atoms.